The number of halogens is 3. The maximum atomic E-state index is 12.9. The number of nitrogens with one attached hydrogen (secondary N) is 1. The molecule has 0 amide bonds. The van der Waals surface area contributed by atoms with Crippen LogP contribution >= 0.6 is 0 Å². The maximum absolute atomic E-state index is 12.9. The van der Waals surface area contributed by atoms with Gasteiger partial charge in [-0.15, -0.1) is 0 Å². The van der Waals surface area contributed by atoms with Gasteiger partial charge >= 0.3 is 0 Å². The Labute approximate surface area is 92.7 Å². The van der Waals surface area contributed by atoms with Crippen molar-refractivity contribution in [2.45, 2.75) is 19.9 Å². The van der Waals surface area contributed by atoms with Crippen LogP contribution in [0.3, 0.4) is 0 Å². The highest BCUT2D eigenvalue weighted by molar-refractivity contribution is 5.19. The zero-order valence-corrected chi connectivity index (χ0v) is 9.06. The minimum absolute atomic E-state index is 0.372. The topological polar surface area (TPSA) is 12.0 Å². The minimum atomic E-state index is -1.40. The number of benzene rings is 1. The highest BCUT2D eigenvalue weighted by Crippen LogP contribution is 2.36. The predicted molar refractivity (Wildman–Crippen MR) is 55.3 cm³/mol. The van der Waals surface area contributed by atoms with E-state index < -0.39 is 17.5 Å². The third kappa shape index (κ3) is 2.55. The van der Waals surface area contributed by atoms with E-state index in [-0.39, 0.29) is 0 Å². The van der Waals surface area contributed by atoms with Crippen molar-refractivity contribution < 1.29 is 13.2 Å². The molecule has 1 aromatic carbocycles. The molecule has 0 saturated heterocycles. The summed E-state index contributed by atoms with van der Waals surface area (Å²) in [6, 6.07) is 2.06. The zero-order valence-electron chi connectivity index (χ0n) is 9.06. The lowest BCUT2D eigenvalue weighted by Gasteiger charge is -2.05. The number of rotatable bonds is 4. The molecule has 0 heterocycles. The van der Waals surface area contributed by atoms with E-state index in [2.05, 4.69) is 12.2 Å². The van der Waals surface area contributed by atoms with Crippen LogP contribution in [0.2, 0.25) is 0 Å². The van der Waals surface area contributed by atoms with Crippen molar-refractivity contribution in [3.63, 3.8) is 0 Å². The summed E-state index contributed by atoms with van der Waals surface area (Å²) in [5.74, 6) is -2.24. The van der Waals surface area contributed by atoms with Crippen LogP contribution in [0.15, 0.2) is 12.1 Å². The molecule has 1 aliphatic rings. The molecule has 16 heavy (non-hydrogen) atoms. The average Bonchev–Trinajstić information content (AvgIpc) is 2.91. The van der Waals surface area contributed by atoms with Gasteiger partial charge in [-0.05, 0) is 42.5 Å². The first-order valence-electron chi connectivity index (χ1n) is 5.42. The standard InChI is InChI=1S/C12H14F3N/c1-7-2-9(7)6-16-5-8-3-10(13)12(15)11(14)4-8/h3-4,7,9,16H,2,5-6H2,1H3. The van der Waals surface area contributed by atoms with Crippen molar-refractivity contribution in [1.82, 2.24) is 5.32 Å². The molecule has 88 valence electrons. The maximum Gasteiger partial charge on any atom is 0.194 e. The van der Waals surface area contributed by atoms with Crippen LogP contribution in [0.1, 0.15) is 18.9 Å². The van der Waals surface area contributed by atoms with Gasteiger partial charge in [0, 0.05) is 6.54 Å². The molecule has 1 aliphatic carbocycles. The van der Waals surface area contributed by atoms with E-state index in [0.717, 1.165) is 24.6 Å². The van der Waals surface area contributed by atoms with Crippen LogP contribution in [0.5, 0.6) is 0 Å². The third-order valence-corrected chi connectivity index (χ3v) is 3.06. The van der Waals surface area contributed by atoms with Gasteiger partial charge in [0.25, 0.3) is 0 Å². The molecule has 1 nitrogen and oxygen atoms in total. The van der Waals surface area contributed by atoms with E-state index in [0.29, 0.717) is 18.0 Å². The molecular weight excluding hydrogens is 215 g/mol. The highest BCUT2D eigenvalue weighted by Gasteiger charge is 2.31. The van der Waals surface area contributed by atoms with Crippen LogP contribution in [0, 0.1) is 29.3 Å². The quantitative estimate of drug-likeness (QED) is 0.783. The fourth-order valence-electron chi connectivity index (χ4n) is 1.80. The zero-order chi connectivity index (χ0) is 11.7. The molecule has 0 bridgehead atoms. The van der Waals surface area contributed by atoms with Crippen molar-refractivity contribution in [1.29, 1.82) is 0 Å². The molecule has 1 N–H and O–H groups in total. The Balaban J connectivity index is 1.89. The molecule has 1 aromatic rings. The van der Waals surface area contributed by atoms with Crippen LogP contribution in [0.4, 0.5) is 13.2 Å². The van der Waals surface area contributed by atoms with Gasteiger partial charge in [0.2, 0.25) is 0 Å². The summed E-state index contributed by atoms with van der Waals surface area (Å²) in [5, 5.41) is 3.11. The minimum Gasteiger partial charge on any atom is -0.312 e. The average molecular weight is 229 g/mol. The largest absolute Gasteiger partial charge is 0.312 e. The Kier molecular flexibility index (Phi) is 3.19. The Morgan fingerprint density at radius 3 is 2.31 bits per heavy atom. The molecule has 2 rings (SSSR count). The molecule has 0 aromatic heterocycles. The van der Waals surface area contributed by atoms with Crippen LogP contribution in [0.25, 0.3) is 0 Å². The van der Waals surface area contributed by atoms with Crippen molar-refractivity contribution in [3.8, 4) is 0 Å². The fourth-order valence-corrected chi connectivity index (χ4v) is 1.80. The Hall–Kier alpha value is -1.03. The molecule has 1 fully saturated rings. The highest BCUT2D eigenvalue weighted by atomic mass is 19.2. The normalized spacial score (nSPS) is 23.5. The van der Waals surface area contributed by atoms with Crippen LogP contribution < -0.4 is 5.32 Å². The van der Waals surface area contributed by atoms with Gasteiger partial charge in [-0.3, -0.25) is 0 Å². The molecule has 1 saturated carbocycles. The van der Waals surface area contributed by atoms with Gasteiger partial charge in [0.15, 0.2) is 17.5 Å². The lowest BCUT2D eigenvalue weighted by atomic mass is 10.2. The number of hydrogen-bond acceptors (Lipinski definition) is 1. The van der Waals surface area contributed by atoms with Crippen LogP contribution in [-0.2, 0) is 6.54 Å². The molecular formula is C12H14F3N. The molecule has 2 unspecified atom stereocenters. The van der Waals surface area contributed by atoms with E-state index >= 15 is 0 Å². The van der Waals surface area contributed by atoms with E-state index in [4.69, 9.17) is 0 Å². The molecule has 0 spiro atoms. The summed E-state index contributed by atoms with van der Waals surface area (Å²) < 4.78 is 38.4. The Morgan fingerprint density at radius 2 is 1.81 bits per heavy atom. The first-order valence-corrected chi connectivity index (χ1v) is 5.42. The molecule has 0 radical (unpaired) electrons. The van der Waals surface area contributed by atoms with Gasteiger partial charge < -0.3 is 5.32 Å². The number of hydrogen-bond donors (Lipinski definition) is 1. The first kappa shape index (κ1) is 11.5. The first-order chi connectivity index (χ1) is 7.58. The molecule has 4 heteroatoms. The second kappa shape index (κ2) is 4.45. The van der Waals surface area contributed by atoms with E-state index in [9.17, 15) is 13.2 Å². The van der Waals surface area contributed by atoms with Crippen molar-refractivity contribution >= 4 is 0 Å². The summed E-state index contributed by atoms with van der Waals surface area (Å²) in [4.78, 5) is 0. The molecule has 0 aliphatic heterocycles. The van der Waals surface area contributed by atoms with Gasteiger partial charge in [-0.1, -0.05) is 6.92 Å². The van der Waals surface area contributed by atoms with E-state index in [1.54, 1.807) is 0 Å². The van der Waals surface area contributed by atoms with E-state index in [1.807, 2.05) is 0 Å². The summed E-state index contributed by atoms with van der Waals surface area (Å²) in [6.45, 7) is 3.39. The van der Waals surface area contributed by atoms with Crippen LogP contribution in [-0.4, -0.2) is 6.54 Å². The van der Waals surface area contributed by atoms with Gasteiger partial charge in [0.05, 0.1) is 0 Å². The monoisotopic (exact) mass is 229 g/mol. The second-order valence-electron chi connectivity index (χ2n) is 4.48. The molecule has 2 atom stereocenters. The SMILES string of the molecule is CC1CC1CNCc1cc(F)c(F)c(F)c1. The second-order valence-corrected chi connectivity index (χ2v) is 4.48. The van der Waals surface area contributed by atoms with Crippen molar-refractivity contribution in [2.75, 3.05) is 6.54 Å². The predicted octanol–water partition coefficient (Wildman–Crippen LogP) is 2.85. The summed E-state index contributed by atoms with van der Waals surface area (Å²) in [7, 11) is 0. The summed E-state index contributed by atoms with van der Waals surface area (Å²) >= 11 is 0. The van der Waals surface area contributed by atoms with Gasteiger partial charge in [0.1, 0.15) is 0 Å². The smallest absolute Gasteiger partial charge is 0.194 e. The lowest BCUT2D eigenvalue weighted by Crippen LogP contribution is -2.17. The van der Waals surface area contributed by atoms with Crippen molar-refractivity contribution in [2.24, 2.45) is 11.8 Å². The summed E-state index contributed by atoms with van der Waals surface area (Å²) in [6.07, 6.45) is 1.21. The Bertz CT molecular complexity index is 369. The van der Waals surface area contributed by atoms with Crippen molar-refractivity contribution in [3.05, 3.63) is 35.1 Å². The van der Waals surface area contributed by atoms with E-state index in [1.165, 1.54) is 6.42 Å². The lowest BCUT2D eigenvalue weighted by molar-refractivity contribution is 0.444. The van der Waals surface area contributed by atoms with Gasteiger partial charge in [-0.2, -0.15) is 0 Å². The van der Waals surface area contributed by atoms with Gasteiger partial charge in [-0.25, -0.2) is 13.2 Å². The third-order valence-electron chi connectivity index (χ3n) is 3.06. The Morgan fingerprint density at radius 1 is 1.25 bits per heavy atom. The fraction of sp³-hybridized carbons (Fsp3) is 0.500. The summed E-state index contributed by atoms with van der Waals surface area (Å²) in [5.41, 5.74) is 0.435.